The molecular formula is C6H9ClO4. The van der Waals surface area contributed by atoms with Crippen molar-refractivity contribution in [3.8, 4) is 0 Å². The summed E-state index contributed by atoms with van der Waals surface area (Å²) >= 11 is 5.38. The van der Waals surface area contributed by atoms with Crippen molar-refractivity contribution >= 4 is 17.6 Å². The van der Waals surface area contributed by atoms with Gasteiger partial charge in [0, 0.05) is 0 Å². The molecule has 1 saturated heterocycles. The molecule has 1 unspecified atom stereocenters. The lowest BCUT2D eigenvalue weighted by Gasteiger charge is -2.26. The SMILES string of the molecule is O=C(O)C(Cl)COC1COC1. The molecule has 0 bridgehead atoms. The first-order valence-corrected chi connectivity index (χ1v) is 3.70. The van der Waals surface area contributed by atoms with Gasteiger partial charge >= 0.3 is 5.97 Å². The minimum atomic E-state index is -1.05. The van der Waals surface area contributed by atoms with Crippen LogP contribution in [0, 0.1) is 0 Å². The number of aliphatic carboxylic acids is 1. The minimum absolute atomic E-state index is 0.0376. The van der Waals surface area contributed by atoms with E-state index in [4.69, 9.17) is 26.2 Å². The topological polar surface area (TPSA) is 55.8 Å². The maximum absolute atomic E-state index is 10.2. The summed E-state index contributed by atoms with van der Waals surface area (Å²) in [6, 6.07) is 0. The molecule has 0 saturated carbocycles. The summed E-state index contributed by atoms with van der Waals surface area (Å²) in [4.78, 5) is 10.2. The van der Waals surface area contributed by atoms with Gasteiger partial charge in [-0.1, -0.05) is 0 Å². The summed E-state index contributed by atoms with van der Waals surface area (Å²) < 4.78 is 9.88. The second kappa shape index (κ2) is 3.90. The second-order valence-electron chi connectivity index (χ2n) is 2.30. The van der Waals surface area contributed by atoms with Gasteiger partial charge in [0.1, 0.15) is 6.10 Å². The molecule has 1 heterocycles. The Morgan fingerprint density at radius 1 is 1.82 bits per heavy atom. The Morgan fingerprint density at radius 3 is 2.82 bits per heavy atom. The Hall–Kier alpha value is -0.320. The molecule has 0 aliphatic carbocycles. The lowest BCUT2D eigenvalue weighted by Crippen LogP contribution is -2.38. The molecule has 5 heteroatoms. The standard InChI is InChI=1S/C6H9ClO4/c7-5(6(8)9)3-11-4-1-10-2-4/h4-5H,1-3H2,(H,8,9). The fraction of sp³-hybridized carbons (Fsp3) is 0.833. The van der Waals surface area contributed by atoms with Gasteiger partial charge in [-0.3, -0.25) is 4.79 Å². The molecule has 0 radical (unpaired) electrons. The molecule has 0 amide bonds. The van der Waals surface area contributed by atoms with Gasteiger partial charge in [-0.15, -0.1) is 11.6 Å². The van der Waals surface area contributed by atoms with Gasteiger partial charge in [0.2, 0.25) is 0 Å². The zero-order valence-electron chi connectivity index (χ0n) is 5.83. The normalized spacial score (nSPS) is 20.8. The van der Waals surface area contributed by atoms with Crippen LogP contribution in [-0.2, 0) is 14.3 Å². The highest BCUT2D eigenvalue weighted by Gasteiger charge is 2.22. The van der Waals surface area contributed by atoms with E-state index >= 15 is 0 Å². The van der Waals surface area contributed by atoms with E-state index in [0.29, 0.717) is 13.2 Å². The predicted molar refractivity (Wildman–Crippen MR) is 37.8 cm³/mol. The number of hydrogen-bond acceptors (Lipinski definition) is 3. The van der Waals surface area contributed by atoms with Crippen LogP contribution >= 0.6 is 11.6 Å². The zero-order valence-corrected chi connectivity index (χ0v) is 6.58. The Morgan fingerprint density at radius 2 is 2.45 bits per heavy atom. The molecule has 1 N–H and O–H groups in total. The van der Waals surface area contributed by atoms with Gasteiger partial charge in [-0.25, -0.2) is 0 Å². The van der Waals surface area contributed by atoms with Crippen LogP contribution in [0.3, 0.4) is 0 Å². The van der Waals surface area contributed by atoms with Crippen molar-refractivity contribution in [3.63, 3.8) is 0 Å². The van der Waals surface area contributed by atoms with Crippen molar-refractivity contribution in [2.75, 3.05) is 19.8 Å². The van der Waals surface area contributed by atoms with E-state index in [1.807, 2.05) is 0 Å². The Kier molecular flexibility index (Phi) is 3.11. The van der Waals surface area contributed by atoms with Crippen molar-refractivity contribution in [2.24, 2.45) is 0 Å². The molecule has 0 spiro atoms. The summed E-state index contributed by atoms with van der Waals surface area (Å²) in [5.74, 6) is -1.05. The van der Waals surface area contributed by atoms with E-state index in [-0.39, 0.29) is 12.7 Å². The maximum atomic E-state index is 10.2. The number of rotatable bonds is 4. The monoisotopic (exact) mass is 180 g/mol. The molecule has 0 aromatic carbocycles. The van der Waals surface area contributed by atoms with Crippen molar-refractivity contribution in [2.45, 2.75) is 11.5 Å². The van der Waals surface area contributed by atoms with Crippen LogP contribution in [0.2, 0.25) is 0 Å². The first-order chi connectivity index (χ1) is 5.20. The molecule has 1 rings (SSSR count). The van der Waals surface area contributed by atoms with Crippen LogP contribution in [0.15, 0.2) is 0 Å². The molecule has 64 valence electrons. The van der Waals surface area contributed by atoms with Gasteiger partial charge < -0.3 is 14.6 Å². The number of ether oxygens (including phenoxy) is 2. The number of hydrogen-bond donors (Lipinski definition) is 1. The smallest absolute Gasteiger partial charge is 0.324 e. The lowest BCUT2D eigenvalue weighted by molar-refractivity contribution is -0.146. The molecule has 1 atom stereocenters. The third-order valence-electron chi connectivity index (χ3n) is 1.35. The highest BCUT2D eigenvalue weighted by Crippen LogP contribution is 2.07. The molecule has 1 aliphatic heterocycles. The molecule has 0 aromatic rings. The number of halogens is 1. The molecule has 0 aromatic heterocycles. The highest BCUT2D eigenvalue weighted by molar-refractivity contribution is 6.29. The number of carbonyl (C=O) groups is 1. The molecular weight excluding hydrogens is 172 g/mol. The van der Waals surface area contributed by atoms with Crippen LogP contribution in [0.4, 0.5) is 0 Å². The summed E-state index contributed by atoms with van der Waals surface area (Å²) in [6.45, 7) is 1.14. The highest BCUT2D eigenvalue weighted by atomic mass is 35.5. The van der Waals surface area contributed by atoms with E-state index in [2.05, 4.69) is 0 Å². The number of carboxylic acids is 1. The largest absolute Gasteiger partial charge is 0.480 e. The lowest BCUT2D eigenvalue weighted by atomic mass is 10.3. The van der Waals surface area contributed by atoms with Gasteiger partial charge in [0.05, 0.1) is 19.8 Å². The quantitative estimate of drug-likeness (QED) is 0.624. The average Bonchev–Trinajstić information content (AvgIpc) is 1.83. The van der Waals surface area contributed by atoms with Crippen molar-refractivity contribution < 1.29 is 19.4 Å². The molecule has 4 nitrogen and oxygen atoms in total. The van der Waals surface area contributed by atoms with Gasteiger partial charge in [-0.05, 0) is 0 Å². The third-order valence-corrected chi connectivity index (χ3v) is 1.67. The Bertz CT molecular complexity index is 146. The Labute approximate surface area is 69.0 Å². The summed E-state index contributed by atoms with van der Waals surface area (Å²) in [5.41, 5.74) is 0. The van der Waals surface area contributed by atoms with Crippen molar-refractivity contribution in [3.05, 3.63) is 0 Å². The third kappa shape index (κ3) is 2.65. The summed E-state index contributed by atoms with van der Waals surface area (Å²) in [7, 11) is 0. The van der Waals surface area contributed by atoms with Gasteiger partial charge in [-0.2, -0.15) is 0 Å². The van der Waals surface area contributed by atoms with E-state index in [1.165, 1.54) is 0 Å². The zero-order chi connectivity index (χ0) is 8.27. The van der Waals surface area contributed by atoms with Crippen LogP contribution < -0.4 is 0 Å². The van der Waals surface area contributed by atoms with Crippen molar-refractivity contribution in [1.29, 1.82) is 0 Å². The first-order valence-electron chi connectivity index (χ1n) is 3.26. The summed E-state index contributed by atoms with van der Waals surface area (Å²) in [6.07, 6.45) is 0.0376. The molecule has 1 aliphatic rings. The van der Waals surface area contributed by atoms with E-state index in [9.17, 15) is 4.79 Å². The molecule has 1 fully saturated rings. The van der Waals surface area contributed by atoms with E-state index in [0.717, 1.165) is 0 Å². The van der Waals surface area contributed by atoms with Gasteiger partial charge in [0.25, 0.3) is 0 Å². The number of carboxylic acid groups (broad SMARTS) is 1. The average molecular weight is 181 g/mol. The fourth-order valence-corrected chi connectivity index (χ4v) is 0.675. The maximum Gasteiger partial charge on any atom is 0.324 e. The van der Waals surface area contributed by atoms with Gasteiger partial charge in [0.15, 0.2) is 5.38 Å². The van der Waals surface area contributed by atoms with Crippen molar-refractivity contribution in [1.82, 2.24) is 0 Å². The van der Waals surface area contributed by atoms with E-state index in [1.54, 1.807) is 0 Å². The van der Waals surface area contributed by atoms with E-state index < -0.39 is 11.3 Å². The Balaban J connectivity index is 2.05. The molecule has 11 heavy (non-hydrogen) atoms. The van der Waals surface area contributed by atoms with Crippen LogP contribution in [-0.4, -0.2) is 42.4 Å². The summed E-state index contributed by atoms with van der Waals surface area (Å²) in [5, 5.41) is 7.39. The van der Waals surface area contributed by atoms with Crippen LogP contribution in [0.5, 0.6) is 0 Å². The number of alkyl halides is 1. The fourth-order valence-electron chi connectivity index (χ4n) is 0.602. The second-order valence-corrected chi connectivity index (χ2v) is 2.83. The predicted octanol–water partition coefficient (Wildman–Crippen LogP) is 0.0938. The first kappa shape index (κ1) is 8.77. The van der Waals surface area contributed by atoms with Crippen LogP contribution in [0.25, 0.3) is 0 Å². The van der Waals surface area contributed by atoms with Crippen LogP contribution in [0.1, 0.15) is 0 Å². The minimum Gasteiger partial charge on any atom is -0.480 e.